The van der Waals surface area contributed by atoms with Crippen LogP contribution < -0.4 is 10.0 Å². The molecule has 138 valence electrons. The number of hydrogen-bond acceptors (Lipinski definition) is 6. The Hall–Kier alpha value is -3.24. The smallest absolute Gasteiger partial charge is 0.336 e. The van der Waals surface area contributed by atoms with Crippen LogP contribution in [0.5, 0.6) is 0 Å². The van der Waals surface area contributed by atoms with Gasteiger partial charge in [-0.05, 0) is 30.3 Å². The van der Waals surface area contributed by atoms with E-state index < -0.39 is 21.9 Å². The van der Waals surface area contributed by atoms with E-state index in [-0.39, 0.29) is 21.2 Å². The fourth-order valence-corrected chi connectivity index (χ4v) is 4.05. The van der Waals surface area contributed by atoms with E-state index in [9.17, 15) is 23.1 Å². The zero-order chi connectivity index (χ0) is 19.4. The third-order valence-corrected chi connectivity index (χ3v) is 5.62. The molecule has 0 saturated heterocycles. The van der Waals surface area contributed by atoms with Crippen LogP contribution in [0.25, 0.3) is 0 Å². The van der Waals surface area contributed by atoms with Gasteiger partial charge >= 0.3 is 5.97 Å². The second kappa shape index (κ2) is 7.56. The fraction of sp³-hybridized carbons (Fsp3) is 0. The summed E-state index contributed by atoms with van der Waals surface area (Å²) >= 11 is 1.09. The van der Waals surface area contributed by atoms with Crippen LogP contribution in [-0.2, 0) is 10.0 Å². The standard InChI is InChI=1S/C17H13N3O5S2/c21-15(19-11-4-2-1-3-5-11)14-10-12(6-7-13(14)16(22)23)27(24,25)20-17-18-8-9-26-17/h1-10H,(H,18,20)(H,19,21)(H,22,23). The second-order valence-electron chi connectivity index (χ2n) is 5.28. The molecule has 0 spiro atoms. The highest BCUT2D eigenvalue weighted by Gasteiger charge is 2.22. The highest BCUT2D eigenvalue weighted by molar-refractivity contribution is 7.93. The monoisotopic (exact) mass is 403 g/mol. The summed E-state index contributed by atoms with van der Waals surface area (Å²) < 4.78 is 27.3. The van der Waals surface area contributed by atoms with Gasteiger partial charge in [0.2, 0.25) is 0 Å². The number of thiazole rings is 1. The number of nitrogens with one attached hydrogen (secondary N) is 2. The lowest BCUT2D eigenvalue weighted by atomic mass is 10.1. The van der Waals surface area contributed by atoms with Gasteiger partial charge in [0.05, 0.1) is 16.0 Å². The minimum absolute atomic E-state index is 0.160. The Kier molecular flexibility index (Phi) is 5.19. The number of nitrogens with zero attached hydrogens (tertiary/aromatic N) is 1. The van der Waals surface area contributed by atoms with Crippen LogP contribution in [0.4, 0.5) is 10.8 Å². The molecule has 0 aliphatic rings. The molecule has 0 saturated carbocycles. The molecular weight excluding hydrogens is 390 g/mol. The van der Waals surface area contributed by atoms with Crippen LogP contribution in [0.15, 0.2) is 65.0 Å². The molecule has 0 unspecified atom stereocenters. The molecule has 8 nitrogen and oxygen atoms in total. The number of sulfonamides is 1. The van der Waals surface area contributed by atoms with Gasteiger partial charge in [0.25, 0.3) is 15.9 Å². The van der Waals surface area contributed by atoms with Gasteiger partial charge in [0.15, 0.2) is 5.13 Å². The van der Waals surface area contributed by atoms with Gasteiger partial charge in [-0.25, -0.2) is 18.2 Å². The Morgan fingerprint density at radius 2 is 1.78 bits per heavy atom. The van der Waals surface area contributed by atoms with Crippen molar-refractivity contribution in [1.82, 2.24) is 4.98 Å². The summed E-state index contributed by atoms with van der Waals surface area (Å²) in [5.74, 6) is -2.07. The molecule has 0 atom stereocenters. The molecule has 1 aromatic heterocycles. The van der Waals surface area contributed by atoms with E-state index in [1.807, 2.05) is 0 Å². The Labute approximate surface area is 158 Å². The topological polar surface area (TPSA) is 125 Å². The van der Waals surface area contributed by atoms with Crippen molar-refractivity contribution in [3.63, 3.8) is 0 Å². The van der Waals surface area contributed by atoms with Gasteiger partial charge in [-0.15, -0.1) is 11.3 Å². The quantitative estimate of drug-likeness (QED) is 0.581. The normalized spacial score (nSPS) is 11.0. The first-order chi connectivity index (χ1) is 12.9. The molecule has 1 amide bonds. The lowest BCUT2D eigenvalue weighted by molar-refractivity contribution is 0.0692. The number of carboxylic acids is 1. The molecule has 0 radical (unpaired) electrons. The van der Waals surface area contributed by atoms with Gasteiger partial charge in [-0.2, -0.15) is 0 Å². The minimum atomic E-state index is -4.03. The first kappa shape index (κ1) is 18.5. The van der Waals surface area contributed by atoms with Gasteiger partial charge in [-0.1, -0.05) is 18.2 Å². The van der Waals surface area contributed by atoms with E-state index in [4.69, 9.17) is 0 Å². The zero-order valence-electron chi connectivity index (χ0n) is 13.6. The van der Waals surface area contributed by atoms with Crippen LogP contribution in [-0.4, -0.2) is 30.4 Å². The number of rotatable bonds is 6. The molecule has 10 heteroatoms. The van der Waals surface area contributed by atoms with Crippen molar-refractivity contribution in [3.8, 4) is 0 Å². The van der Waals surface area contributed by atoms with Crippen molar-refractivity contribution in [2.24, 2.45) is 0 Å². The summed E-state index contributed by atoms with van der Waals surface area (Å²) in [6, 6.07) is 11.6. The molecule has 27 heavy (non-hydrogen) atoms. The summed E-state index contributed by atoms with van der Waals surface area (Å²) in [5.41, 5.74) is -0.127. The maximum absolute atomic E-state index is 12.5. The number of carbonyl (C=O) groups excluding carboxylic acids is 1. The molecule has 3 aromatic rings. The van der Waals surface area contributed by atoms with E-state index >= 15 is 0 Å². The summed E-state index contributed by atoms with van der Waals surface area (Å²) in [5, 5.41) is 13.6. The fourth-order valence-electron chi connectivity index (χ4n) is 2.23. The van der Waals surface area contributed by atoms with Crippen LogP contribution in [0.3, 0.4) is 0 Å². The molecule has 0 aliphatic carbocycles. The number of para-hydroxylation sites is 1. The van der Waals surface area contributed by atoms with E-state index in [2.05, 4.69) is 15.0 Å². The predicted octanol–water partition coefficient (Wildman–Crippen LogP) is 2.89. The number of anilines is 2. The Bertz CT molecular complexity index is 1080. The van der Waals surface area contributed by atoms with Crippen molar-refractivity contribution in [1.29, 1.82) is 0 Å². The predicted molar refractivity (Wildman–Crippen MR) is 101 cm³/mol. The number of aromatic carboxylic acids is 1. The summed E-state index contributed by atoms with van der Waals surface area (Å²) in [6.45, 7) is 0. The van der Waals surface area contributed by atoms with Crippen LogP contribution in [0.1, 0.15) is 20.7 Å². The van der Waals surface area contributed by atoms with Crippen molar-refractivity contribution >= 4 is 44.1 Å². The van der Waals surface area contributed by atoms with E-state index in [0.717, 1.165) is 29.5 Å². The van der Waals surface area contributed by atoms with E-state index in [1.165, 1.54) is 6.20 Å². The third kappa shape index (κ3) is 4.30. The van der Waals surface area contributed by atoms with Crippen molar-refractivity contribution in [3.05, 3.63) is 71.2 Å². The Balaban J connectivity index is 1.97. The Morgan fingerprint density at radius 3 is 2.41 bits per heavy atom. The molecule has 0 fully saturated rings. The maximum atomic E-state index is 12.5. The number of hydrogen-bond donors (Lipinski definition) is 3. The van der Waals surface area contributed by atoms with Crippen LogP contribution in [0.2, 0.25) is 0 Å². The van der Waals surface area contributed by atoms with Gasteiger partial charge in [0, 0.05) is 17.3 Å². The zero-order valence-corrected chi connectivity index (χ0v) is 15.3. The number of aromatic nitrogens is 1. The van der Waals surface area contributed by atoms with Gasteiger partial charge in [-0.3, -0.25) is 9.52 Å². The lowest BCUT2D eigenvalue weighted by Gasteiger charge is -2.11. The molecular formula is C17H13N3O5S2. The lowest BCUT2D eigenvalue weighted by Crippen LogP contribution is -2.19. The molecule has 0 bridgehead atoms. The summed E-state index contributed by atoms with van der Waals surface area (Å²) in [7, 11) is -4.03. The third-order valence-electron chi connectivity index (χ3n) is 3.46. The van der Waals surface area contributed by atoms with E-state index in [1.54, 1.807) is 35.7 Å². The largest absolute Gasteiger partial charge is 0.478 e. The maximum Gasteiger partial charge on any atom is 0.336 e. The van der Waals surface area contributed by atoms with Gasteiger partial charge in [0.1, 0.15) is 0 Å². The average Bonchev–Trinajstić information content (AvgIpc) is 3.14. The van der Waals surface area contributed by atoms with Gasteiger partial charge < -0.3 is 10.4 Å². The first-order valence-electron chi connectivity index (χ1n) is 7.53. The number of carbonyl (C=O) groups is 2. The minimum Gasteiger partial charge on any atom is -0.478 e. The SMILES string of the molecule is O=C(O)c1ccc(S(=O)(=O)Nc2nccs2)cc1C(=O)Nc1ccccc1. The number of benzene rings is 2. The summed E-state index contributed by atoms with van der Waals surface area (Å²) in [6.07, 6.45) is 1.44. The van der Waals surface area contributed by atoms with Crippen LogP contribution in [0, 0.1) is 0 Å². The molecule has 0 aliphatic heterocycles. The highest BCUT2D eigenvalue weighted by atomic mass is 32.2. The molecule has 3 N–H and O–H groups in total. The molecule has 3 rings (SSSR count). The number of carboxylic acid groups (broad SMARTS) is 1. The highest BCUT2D eigenvalue weighted by Crippen LogP contribution is 2.22. The average molecular weight is 403 g/mol. The van der Waals surface area contributed by atoms with Crippen molar-refractivity contribution < 1.29 is 23.1 Å². The molecule has 1 heterocycles. The summed E-state index contributed by atoms with van der Waals surface area (Å²) in [4.78, 5) is 27.6. The van der Waals surface area contributed by atoms with Crippen molar-refractivity contribution in [2.75, 3.05) is 10.0 Å². The molecule has 2 aromatic carbocycles. The Morgan fingerprint density at radius 1 is 1.04 bits per heavy atom. The van der Waals surface area contributed by atoms with Crippen molar-refractivity contribution in [2.45, 2.75) is 4.90 Å². The first-order valence-corrected chi connectivity index (χ1v) is 9.89. The van der Waals surface area contributed by atoms with Crippen LogP contribution >= 0.6 is 11.3 Å². The van der Waals surface area contributed by atoms with E-state index in [0.29, 0.717) is 5.69 Å². The second-order valence-corrected chi connectivity index (χ2v) is 7.85. The number of amides is 1.